The summed E-state index contributed by atoms with van der Waals surface area (Å²) in [5.41, 5.74) is 0. The van der Waals surface area contributed by atoms with Gasteiger partial charge >= 0.3 is 0 Å². The molecular formula is C13H18ClNO2S. The van der Waals surface area contributed by atoms with Gasteiger partial charge in [-0.15, -0.1) is 11.3 Å². The number of amides is 1. The lowest BCUT2D eigenvalue weighted by Gasteiger charge is -2.07. The van der Waals surface area contributed by atoms with Crippen molar-refractivity contribution in [2.75, 3.05) is 13.2 Å². The molecule has 0 saturated carbocycles. The summed E-state index contributed by atoms with van der Waals surface area (Å²) in [6.45, 7) is 2.83. The van der Waals surface area contributed by atoms with Gasteiger partial charge in [-0.3, -0.25) is 4.79 Å². The third-order valence-corrected chi connectivity index (χ3v) is 3.67. The molecule has 1 atom stereocenters. The predicted octanol–water partition coefficient (Wildman–Crippen LogP) is 2.94. The van der Waals surface area contributed by atoms with Gasteiger partial charge in [-0.1, -0.05) is 18.5 Å². The Bertz CT molecular complexity index is 403. The number of thiophene rings is 1. The molecule has 0 fully saturated rings. The van der Waals surface area contributed by atoms with Crippen molar-refractivity contribution < 1.29 is 9.90 Å². The van der Waals surface area contributed by atoms with Gasteiger partial charge in [0.2, 0.25) is 5.91 Å². The summed E-state index contributed by atoms with van der Waals surface area (Å²) in [5, 5.41) is 11.7. The van der Waals surface area contributed by atoms with Crippen molar-refractivity contribution in [2.24, 2.45) is 5.92 Å². The Morgan fingerprint density at radius 2 is 2.39 bits per heavy atom. The molecule has 100 valence electrons. The molecular weight excluding hydrogens is 270 g/mol. The van der Waals surface area contributed by atoms with E-state index in [4.69, 9.17) is 16.7 Å². The van der Waals surface area contributed by atoms with Crippen molar-refractivity contribution in [1.82, 2.24) is 5.32 Å². The lowest BCUT2D eigenvalue weighted by Crippen LogP contribution is -2.22. The molecule has 5 heteroatoms. The largest absolute Gasteiger partial charge is 0.396 e. The number of hydrogen-bond acceptors (Lipinski definition) is 3. The van der Waals surface area contributed by atoms with E-state index in [-0.39, 0.29) is 12.5 Å². The molecule has 0 saturated heterocycles. The van der Waals surface area contributed by atoms with Crippen LogP contribution in [0.1, 0.15) is 24.6 Å². The second-order valence-corrected chi connectivity index (χ2v) is 5.94. The zero-order valence-electron chi connectivity index (χ0n) is 10.4. The standard InChI is InChI=1S/C13H18ClNO2S/c1-10(9-16)3-2-8-15-13(17)7-5-11-4-6-12(14)18-11/h4-7,10,16H,2-3,8-9H2,1H3,(H,15,17)/b7-5+. The molecule has 1 aromatic heterocycles. The third kappa shape index (κ3) is 6.19. The summed E-state index contributed by atoms with van der Waals surface area (Å²) in [4.78, 5) is 12.4. The van der Waals surface area contributed by atoms with Crippen molar-refractivity contribution in [3.05, 3.63) is 27.4 Å². The van der Waals surface area contributed by atoms with Crippen LogP contribution in [-0.4, -0.2) is 24.2 Å². The minimum Gasteiger partial charge on any atom is -0.396 e. The zero-order chi connectivity index (χ0) is 13.4. The average Bonchev–Trinajstić information content (AvgIpc) is 2.77. The van der Waals surface area contributed by atoms with E-state index in [9.17, 15) is 4.79 Å². The van der Waals surface area contributed by atoms with E-state index >= 15 is 0 Å². The Kier molecular flexibility index (Phi) is 7.01. The molecule has 0 aromatic carbocycles. The second kappa shape index (κ2) is 8.29. The van der Waals surface area contributed by atoms with Crippen LogP contribution in [-0.2, 0) is 4.79 Å². The van der Waals surface area contributed by atoms with Crippen molar-refractivity contribution in [1.29, 1.82) is 0 Å². The molecule has 0 aliphatic rings. The second-order valence-electron chi connectivity index (χ2n) is 4.20. The molecule has 1 rings (SSSR count). The number of rotatable bonds is 7. The molecule has 0 bridgehead atoms. The molecule has 1 amide bonds. The fourth-order valence-electron chi connectivity index (χ4n) is 1.39. The number of carbonyl (C=O) groups excluding carboxylic acids is 1. The third-order valence-electron chi connectivity index (χ3n) is 2.48. The van der Waals surface area contributed by atoms with Gasteiger partial charge in [0.25, 0.3) is 0 Å². The lowest BCUT2D eigenvalue weighted by molar-refractivity contribution is -0.116. The Balaban J connectivity index is 2.19. The van der Waals surface area contributed by atoms with Gasteiger partial charge in [0.15, 0.2) is 0 Å². The smallest absolute Gasteiger partial charge is 0.244 e. The summed E-state index contributed by atoms with van der Waals surface area (Å²) < 4.78 is 0.716. The highest BCUT2D eigenvalue weighted by Crippen LogP contribution is 2.22. The van der Waals surface area contributed by atoms with Crippen LogP contribution in [0.4, 0.5) is 0 Å². The van der Waals surface area contributed by atoms with Crippen molar-refractivity contribution in [3.63, 3.8) is 0 Å². The quantitative estimate of drug-likeness (QED) is 0.598. The fraction of sp³-hybridized carbons (Fsp3) is 0.462. The Morgan fingerprint density at radius 1 is 1.61 bits per heavy atom. The highest BCUT2D eigenvalue weighted by atomic mass is 35.5. The summed E-state index contributed by atoms with van der Waals surface area (Å²) in [6.07, 6.45) is 5.06. The topological polar surface area (TPSA) is 49.3 Å². The summed E-state index contributed by atoms with van der Waals surface area (Å²) in [7, 11) is 0. The molecule has 18 heavy (non-hydrogen) atoms. The van der Waals surface area contributed by atoms with Crippen LogP contribution < -0.4 is 5.32 Å². The molecule has 0 spiro atoms. The van der Waals surface area contributed by atoms with Crippen molar-refractivity contribution >= 4 is 34.9 Å². The van der Waals surface area contributed by atoms with Crippen LogP contribution in [0.2, 0.25) is 4.34 Å². The maximum Gasteiger partial charge on any atom is 0.244 e. The maximum absolute atomic E-state index is 11.5. The van der Waals surface area contributed by atoms with Gasteiger partial charge in [-0.2, -0.15) is 0 Å². The summed E-state index contributed by atoms with van der Waals surface area (Å²) >= 11 is 7.22. The average molecular weight is 288 g/mol. The Morgan fingerprint density at radius 3 is 3.00 bits per heavy atom. The molecule has 2 N–H and O–H groups in total. The van der Waals surface area contributed by atoms with Crippen LogP contribution in [0.3, 0.4) is 0 Å². The van der Waals surface area contributed by atoms with E-state index in [0.29, 0.717) is 16.8 Å². The first kappa shape index (κ1) is 15.2. The lowest BCUT2D eigenvalue weighted by atomic mass is 10.1. The van der Waals surface area contributed by atoms with Gasteiger partial charge in [0.1, 0.15) is 0 Å². The number of nitrogens with one attached hydrogen (secondary N) is 1. The van der Waals surface area contributed by atoms with Crippen LogP contribution in [0.15, 0.2) is 18.2 Å². The summed E-state index contributed by atoms with van der Waals surface area (Å²) in [5.74, 6) is 0.196. The first-order valence-corrected chi connectivity index (χ1v) is 7.13. The molecule has 0 aliphatic carbocycles. The van der Waals surface area contributed by atoms with E-state index in [1.54, 1.807) is 12.1 Å². The molecule has 3 nitrogen and oxygen atoms in total. The van der Waals surface area contributed by atoms with Crippen LogP contribution in [0, 0.1) is 5.92 Å². The number of aliphatic hydroxyl groups excluding tert-OH is 1. The molecule has 1 heterocycles. The van der Waals surface area contributed by atoms with E-state index in [1.165, 1.54) is 17.4 Å². The molecule has 1 aromatic rings. The monoisotopic (exact) mass is 287 g/mol. The van der Waals surface area contributed by atoms with Crippen molar-refractivity contribution in [3.8, 4) is 0 Å². The van der Waals surface area contributed by atoms with E-state index in [0.717, 1.165) is 17.7 Å². The maximum atomic E-state index is 11.5. The zero-order valence-corrected chi connectivity index (χ0v) is 11.9. The van der Waals surface area contributed by atoms with Crippen LogP contribution in [0.5, 0.6) is 0 Å². The van der Waals surface area contributed by atoms with Gasteiger partial charge in [-0.05, 0) is 37.0 Å². The normalized spacial score (nSPS) is 12.8. The fourth-order valence-corrected chi connectivity index (χ4v) is 2.35. The SMILES string of the molecule is CC(CO)CCCNC(=O)/C=C/c1ccc(Cl)s1. The molecule has 0 aliphatic heterocycles. The minimum atomic E-state index is -0.101. The van der Waals surface area contributed by atoms with Gasteiger partial charge < -0.3 is 10.4 Å². The van der Waals surface area contributed by atoms with Crippen LogP contribution in [0.25, 0.3) is 6.08 Å². The molecule has 0 radical (unpaired) electrons. The summed E-state index contributed by atoms with van der Waals surface area (Å²) in [6, 6.07) is 3.68. The number of halogens is 1. The van der Waals surface area contributed by atoms with Crippen molar-refractivity contribution in [2.45, 2.75) is 19.8 Å². The number of hydrogen-bond donors (Lipinski definition) is 2. The number of aliphatic hydroxyl groups is 1. The van der Waals surface area contributed by atoms with Gasteiger partial charge in [-0.25, -0.2) is 0 Å². The van der Waals surface area contributed by atoms with Gasteiger partial charge in [0, 0.05) is 24.1 Å². The Labute approximate surface area is 116 Å². The van der Waals surface area contributed by atoms with E-state index in [2.05, 4.69) is 5.32 Å². The molecule has 1 unspecified atom stereocenters. The predicted molar refractivity (Wildman–Crippen MR) is 76.9 cm³/mol. The highest BCUT2D eigenvalue weighted by molar-refractivity contribution is 7.17. The van der Waals surface area contributed by atoms with E-state index < -0.39 is 0 Å². The number of carbonyl (C=O) groups is 1. The minimum absolute atomic E-state index is 0.101. The first-order valence-electron chi connectivity index (χ1n) is 5.94. The highest BCUT2D eigenvalue weighted by Gasteiger charge is 2.00. The Hall–Kier alpha value is -0.840. The van der Waals surface area contributed by atoms with E-state index in [1.807, 2.05) is 13.0 Å². The van der Waals surface area contributed by atoms with Crippen LogP contribution >= 0.6 is 22.9 Å². The van der Waals surface area contributed by atoms with Gasteiger partial charge in [0.05, 0.1) is 4.34 Å². The first-order chi connectivity index (χ1) is 8.61.